The lowest BCUT2D eigenvalue weighted by Crippen LogP contribution is -2.32. The SMILES string of the molecule is CCCCCCNC(=O)CSC1=NC(C)=C(C(=O)Nc2ccc(Cl)cc2)C(c2ccccc2)C1C#N. The summed E-state index contributed by atoms with van der Waals surface area (Å²) in [5, 5.41) is 17.2. The molecule has 2 amide bonds. The summed E-state index contributed by atoms with van der Waals surface area (Å²) in [7, 11) is 0. The maximum atomic E-state index is 13.4. The van der Waals surface area contributed by atoms with Crippen LogP contribution in [0.1, 0.15) is 51.0 Å². The van der Waals surface area contributed by atoms with E-state index in [1.807, 2.05) is 30.3 Å². The van der Waals surface area contributed by atoms with Gasteiger partial charge in [0.25, 0.3) is 5.91 Å². The normalized spacial score (nSPS) is 17.2. The van der Waals surface area contributed by atoms with E-state index < -0.39 is 11.8 Å². The molecule has 0 aliphatic carbocycles. The minimum absolute atomic E-state index is 0.0833. The van der Waals surface area contributed by atoms with Gasteiger partial charge in [0.05, 0.1) is 16.9 Å². The fraction of sp³-hybridized carbons (Fsp3) is 0.357. The van der Waals surface area contributed by atoms with E-state index in [9.17, 15) is 14.9 Å². The summed E-state index contributed by atoms with van der Waals surface area (Å²) in [5.41, 5.74) is 2.42. The number of benzene rings is 2. The largest absolute Gasteiger partial charge is 0.355 e. The molecule has 1 aliphatic heterocycles. The predicted molar refractivity (Wildman–Crippen MR) is 148 cm³/mol. The average molecular weight is 523 g/mol. The van der Waals surface area contributed by atoms with Gasteiger partial charge in [-0.3, -0.25) is 9.59 Å². The number of allylic oxidation sites excluding steroid dienone is 1. The molecular weight excluding hydrogens is 492 g/mol. The summed E-state index contributed by atoms with van der Waals surface area (Å²) in [6, 6.07) is 18.7. The number of hydrogen-bond donors (Lipinski definition) is 2. The van der Waals surface area contributed by atoms with Gasteiger partial charge in [-0.1, -0.05) is 79.9 Å². The Morgan fingerprint density at radius 1 is 1.08 bits per heavy atom. The molecule has 2 atom stereocenters. The van der Waals surface area contributed by atoms with Crippen molar-refractivity contribution in [3.63, 3.8) is 0 Å². The van der Waals surface area contributed by atoms with Crippen molar-refractivity contribution in [2.24, 2.45) is 10.9 Å². The van der Waals surface area contributed by atoms with Gasteiger partial charge in [0.1, 0.15) is 5.92 Å². The molecule has 6 nitrogen and oxygen atoms in total. The molecule has 2 aromatic rings. The smallest absolute Gasteiger partial charge is 0.254 e. The Hall–Kier alpha value is -3.08. The summed E-state index contributed by atoms with van der Waals surface area (Å²) in [6.45, 7) is 4.57. The summed E-state index contributed by atoms with van der Waals surface area (Å²) < 4.78 is 0. The van der Waals surface area contributed by atoms with Crippen molar-refractivity contribution in [1.82, 2.24) is 5.32 Å². The number of carbonyl (C=O) groups excluding carboxylic acids is 2. The lowest BCUT2D eigenvalue weighted by atomic mass is 9.78. The zero-order valence-electron chi connectivity index (χ0n) is 20.6. The van der Waals surface area contributed by atoms with E-state index in [-0.39, 0.29) is 17.6 Å². The van der Waals surface area contributed by atoms with E-state index in [4.69, 9.17) is 11.6 Å². The number of nitrogens with one attached hydrogen (secondary N) is 2. The van der Waals surface area contributed by atoms with Gasteiger partial charge in [-0.05, 0) is 43.2 Å². The minimum Gasteiger partial charge on any atom is -0.355 e. The van der Waals surface area contributed by atoms with E-state index in [2.05, 4.69) is 28.6 Å². The maximum absolute atomic E-state index is 13.4. The first kappa shape index (κ1) is 27.5. The van der Waals surface area contributed by atoms with Crippen LogP contribution in [-0.2, 0) is 9.59 Å². The Balaban J connectivity index is 1.82. The van der Waals surface area contributed by atoms with E-state index in [1.54, 1.807) is 31.2 Å². The Kier molecular flexibility index (Phi) is 10.6. The molecular formula is C28H31ClN4O2S. The Morgan fingerprint density at radius 3 is 2.47 bits per heavy atom. The van der Waals surface area contributed by atoms with Crippen LogP contribution in [0.3, 0.4) is 0 Å². The molecule has 188 valence electrons. The van der Waals surface area contributed by atoms with Crippen LogP contribution in [0.2, 0.25) is 5.02 Å². The monoisotopic (exact) mass is 522 g/mol. The number of carbonyl (C=O) groups is 2. The van der Waals surface area contributed by atoms with E-state index >= 15 is 0 Å². The Morgan fingerprint density at radius 2 is 1.81 bits per heavy atom. The van der Waals surface area contributed by atoms with Crippen molar-refractivity contribution in [3.05, 3.63) is 76.5 Å². The zero-order valence-corrected chi connectivity index (χ0v) is 22.2. The van der Waals surface area contributed by atoms with Crippen molar-refractivity contribution in [1.29, 1.82) is 5.26 Å². The number of anilines is 1. The highest BCUT2D eigenvalue weighted by Crippen LogP contribution is 2.41. The third-order valence-electron chi connectivity index (χ3n) is 5.93. The summed E-state index contributed by atoms with van der Waals surface area (Å²) in [5.74, 6) is -1.43. The number of hydrogen-bond acceptors (Lipinski definition) is 5. The van der Waals surface area contributed by atoms with Crippen LogP contribution >= 0.6 is 23.4 Å². The number of nitrogens with zero attached hydrogens (tertiary/aromatic N) is 2. The standard InChI is InChI=1S/C28H31ClN4O2S/c1-3-4-5-9-16-31-24(34)18-36-28-23(17-30)26(20-10-7-6-8-11-20)25(19(2)32-28)27(35)33-22-14-12-21(29)13-15-22/h6-8,10-15,23,26H,3-5,9,16,18H2,1-2H3,(H,31,34)(H,33,35). The van der Waals surface area contributed by atoms with Gasteiger partial charge in [-0.2, -0.15) is 5.26 Å². The second-order valence-corrected chi connectivity index (χ2v) is 10.0. The highest BCUT2D eigenvalue weighted by atomic mass is 35.5. The summed E-state index contributed by atoms with van der Waals surface area (Å²) in [6.07, 6.45) is 4.35. The van der Waals surface area contributed by atoms with Crippen molar-refractivity contribution < 1.29 is 9.59 Å². The van der Waals surface area contributed by atoms with Crippen LogP contribution in [0.25, 0.3) is 0 Å². The molecule has 0 spiro atoms. The number of rotatable bonds is 10. The average Bonchev–Trinajstić information content (AvgIpc) is 2.88. The molecule has 0 fully saturated rings. The van der Waals surface area contributed by atoms with Gasteiger partial charge >= 0.3 is 0 Å². The molecule has 0 saturated heterocycles. The van der Waals surface area contributed by atoms with Crippen LogP contribution in [0, 0.1) is 17.2 Å². The van der Waals surface area contributed by atoms with Crippen molar-refractivity contribution in [2.75, 3.05) is 17.6 Å². The van der Waals surface area contributed by atoms with Crippen LogP contribution < -0.4 is 10.6 Å². The number of nitriles is 1. The molecule has 2 unspecified atom stereocenters. The number of thioether (sulfide) groups is 1. The fourth-order valence-corrected chi connectivity index (χ4v) is 5.18. The quantitative estimate of drug-likeness (QED) is 0.357. The molecule has 1 aliphatic rings. The third-order valence-corrected chi connectivity index (χ3v) is 7.23. The van der Waals surface area contributed by atoms with Crippen LogP contribution in [0.15, 0.2) is 70.9 Å². The Labute approximate surface area is 222 Å². The van der Waals surface area contributed by atoms with E-state index in [1.165, 1.54) is 11.8 Å². The predicted octanol–water partition coefficient (Wildman–Crippen LogP) is 6.32. The van der Waals surface area contributed by atoms with Gasteiger partial charge in [-0.15, -0.1) is 0 Å². The first-order chi connectivity index (χ1) is 17.4. The minimum atomic E-state index is -0.690. The zero-order chi connectivity index (χ0) is 25.9. The second kappa shape index (κ2) is 13.9. The number of halogens is 1. The lowest BCUT2D eigenvalue weighted by Gasteiger charge is -2.30. The van der Waals surface area contributed by atoms with Crippen molar-refractivity contribution in [2.45, 2.75) is 45.4 Å². The van der Waals surface area contributed by atoms with Crippen LogP contribution in [-0.4, -0.2) is 29.2 Å². The highest BCUT2D eigenvalue weighted by molar-refractivity contribution is 8.14. The molecule has 0 aromatic heterocycles. The van der Waals surface area contributed by atoms with Gasteiger partial charge in [0, 0.05) is 34.4 Å². The number of amides is 2. The molecule has 2 N–H and O–H groups in total. The molecule has 36 heavy (non-hydrogen) atoms. The highest BCUT2D eigenvalue weighted by Gasteiger charge is 2.38. The topological polar surface area (TPSA) is 94.3 Å². The van der Waals surface area contributed by atoms with Crippen molar-refractivity contribution >= 4 is 45.9 Å². The fourth-order valence-electron chi connectivity index (χ4n) is 4.11. The molecule has 0 radical (unpaired) electrons. The molecule has 0 saturated carbocycles. The first-order valence-corrected chi connectivity index (χ1v) is 13.5. The lowest BCUT2D eigenvalue weighted by molar-refractivity contribution is -0.118. The molecule has 1 heterocycles. The molecule has 8 heteroatoms. The first-order valence-electron chi connectivity index (χ1n) is 12.1. The van der Waals surface area contributed by atoms with Gasteiger partial charge in [-0.25, -0.2) is 4.99 Å². The van der Waals surface area contributed by atoms with E-state index in [0.717, 1.165) is 31.2 Å². The van der Waals surface area contributed by atoms with Crippen LogP contribution in [0.4, 0.5) is 5.69 Å². The van der Waals surface area contributed by atoms with E-state index in [0.29, 0.717) is 33.6 Å². The molecule has 0 bridgehead atoms. The second-order valence-electron chi connectivity index (χ2n) is 8.60. The number of aliphatic imine (C=N–C) groups is 1. The van der Waals surface area contributed by atoms with Crippen molar-refractivity contribution in [3.8, 4) is 6.07 Å². The number of unbranched alkanes of at least 4 members (excludes halogenated alkanes) is 3. The molecule has 2 aromatic carbocycles. The van der Waals surface area contributed by atoms with Gasteiger partial charge < -0.3 is 10.6 Å². The van der Waals surface area contributed by atoms with Gasteiger partial charge in [0.15, 0.2) is 0 Å². The third kappa shape index (κ3) is 7.46. The summed E-state index contributed by atoms with van der Waals surface area (Å²) >= 11 is 7.23. The molecule has 3 rings (SSSR count). The summed E-state index contributed by atoms with van der Waals surface area (Å²) in [4.78, 5) is 30.4. The Bertz CT molecular complexity index is 1160. The maximum Gasteiger partial charge on any atom is 0.254 e. The van der Waals surface area contributed by atoms with Gasteiger partial charge in [0.2, 0.25) is 5.91 Å². The van der Waals surface area contributed by atoms with Crippen LogP contribution in [0.5, 0.6) is 0 Å².